The van der Waals surface area contributed by atoms with Crippen molar-refractivity contribution in [1.29, 1.82) is 0 Å². The van der Waals surface area contributed by atoms with Gasteiger partial charge in [0.1, 0.15) is 5.82 Å². The Bertz CT molecular complexity index is 1280. The molecule has 10 heteroatoms. The van der Waals surface area contributed by atoms with Crippen molar-refractivity contribution in [2.45, 2.75) is 31.6 Å². The molecule has 2 aromatic carbocycles. The molecule has 2 atom stereocenters. The van der Waals surface area contributed by atoms with Crippen LogP contribution in [0.25, 0.3) is 0 Å². The Balaban J connectivity index is 1.61. The number of aryl methyl sites for hydroxylation is 1. The van der Waals surface area contributed by atoms with Crippen LogP contribution in [0.1, 0.15) is 38.7 Å². The van der Waals surface area contributed by atoms with Crippen LogP contribution in [0, 0.1) is 12.7 Å². The Morgan fingerprint density at radius 2 is 1.83 bits per heavy atom. The van der Waals surface area contributed by atoms with Crippen LogP contribution in [0.5, 0.6) is 0 Å². The number of pyridine rings is 1. The third-order valence-corrected chi connectivity index (χ3v) is 7.17. The predicted octanol–water partition coefficient (Wildman–Crippen LogP) is 6.59. The van der Waals surface area contributed by atoms with Crippen LogP contribution in [0.15, 0.2) is 54.7 Å². The minimum Gasteiger partial charge on any atom is -0.336 e. The molecular formula is C26H23Cl2F4N3O. The monoisotopic (exact) mass is 539 g/mol. The summed E-state index contributed by atoms with van der Waals surface area (Å²) in [7, 11) is 1.80. The largest absolute Gasteiger partial charge is 0.419 e. The number of aromatic nitrogens is 1. The van der Waals surface area contributed by atoms with Crippen LogP contribution < -0.4 is 0 Å². The van der Waals surface area contributed by atoms with E-state index in [0.29, 0.717) is 34.3 Å². The van der Waals surface area contributed by atoms with Gasteiger partial charge in [-0.3, -0.25) is 14.7 Å². The zero-order chi connectivity index (χ0) is 26.2. The molecule has 1 aromatic heterocycles. The SMILES string of the molecule is Cc1cc(C(=O)N2C[C@H](c3ccc(Cl)c(Cl)c3)[C@H](N(C)Cc3ccc(C(F)(F)F)c(F)c3)C2)ccn1. The highest BCUT2D eigenvalue weighted by molar-refractivity contribution is 6.42. The number of carbonyl (C=O) groups is 1. The molecule has 4 rings (SSSR count). The summed E-state index contributed by atoms with van der Waals surface area (Å²) in [5.41, 5.74) is 1.21. The second-order valence-electron chi connectivity index (χ2n) is 8.97. The molecule has 0 saturated carbocycles. The van der Waals surface area contributed by atoms with Crippen molar-refractivity contribution in [3.63, 3.8) is 0 Å². The van der Waals surface area contributed by atoms with Gasteiger partial charge < -0.3 is 4.90 Å². The van der Waals surface area contributed by atoms with Gasteiger partial charge in [-0.05, 0) is 61.5 Å². The maximum atomic E-state index is 14.2. The topological polar surface area (TPSA) is 36.4 Å². The number of likely N-dealkylation sites (N-methyl/N-ethyl adjacent to an activating group) is 1. The summed E-state index contributed by atoms with van der Waals surface area (Å²) in [6.45, 7) is 2.76. The molecule has 1 amide bonds. The van der Waals surface area contributed by atoms with Gasteiger partial charge in [-0.15, -0.1) is 0 Å². The predicted molar refractivity (Wildman–Crippen MR) is 131 cm³/mol. The van der Waals surface area contributed by atoms with Crippen molar-refractivity contribution in [2.24, 2.45) is 0 Å². The van der Waals surface area contributed by atoms with E-state index in [2.05, 4.69) is 4.98 Å². The molecular weight excluding hydrogens is 517 g/mol. The van der Waals surface area contributed by atoms with E-state index >= 15 is 0 Å². The van der Waals surface area contributed by atoms with Gasteiger partial charge in [0, 0.05) is 49.0 Å². The molecule has 1 aliphatic heterocycles. The Labute approximate surface area is 216 Å². The molecule has 0 aliphatic carbocycles. The van der Waals surface area contributed by atoms with Gasteiger partial charge in [0.05, 0.1) is 15.6 Å². The van der Waals surface area contributed by atoms with E-state index < -0.39 is 17.6 Å². The summed E-state index contributed by atoms with van der Waals surface area (Å²) in [4.78, 5) is 21.1. The number of nitrogens with zero attached hydrogens (tertiary/aromatic N) is 3. The van der Waals surface area contributed by atoms with E-state index in [9.17, 15) is 22.4 Å². The molecule has 1 aliphatic rings. The van der Waals surface area contributed by atoms with Crippen molar-refractivity contribution in [2.75, 3.05) is 20.1 Å². The second-order valence-corrected chi connectivity index (χ2v) is 9.78. The summed E-state index contributed by atoms with van der Waals surface area (Å²) >= 11 is 12.4. The lowest BCUT2D eigenvalue weighted by Crippen LogP contribution is -2.38. The molecule has 0 bridgehead atoms. The third-order valence-electron chi connectivity index (χ3n) is 6.43. The summed E-state index contributed by atoms with van der Waals surface area (Å²) < 4.78 is 53.0. The number of carbonyl (C=O) groups excluding carboxylic acids is 1. The zero-order valence-corrected chi connectivity index (χ0v) is 21.0. The Morgan fingerprint density at radius 3 is 2.47 bits per heavy atom. The molecule has 190 valence electrons. The lowest BCUT2D eigenvalue weighted by Gasteiger charge is -2.29. The number of hydrogen-bond donors (Lipinski definition) is 0. The first-order valence-electron chi connectivity index (χ1n) is 11.2. The fourth-order valence-corrected chi connectivity index (χ4v) is 4.93. The summed E-state index contributed by atoms with van der Waals surface area (Å²) in [5, 5.41) is 0.790. The van der Waals surface area contributed by atoms with E-state index in [4.69, 9.17) is 23.2 Å². The smallest absolute Gasteiger partial charge is 0.336 e. The van der Waals surface area contributed by atoms with Gasteiger partial charge in [-0.2, -0.15) is 13.2 Å². The summed E-state index contributed by atoms with van der Waals surface area (Å²) in [5.74, 6) is -1.62. The minimum absolute atomic E-state index is 0.151. The van der Waals surface area contributed by atoms with Crippen LogP contribution in [-0.2, 0) is 12.7 Å². The van der Waals surface area contributed by atoms with Crippen LogP contribution in [-0.4, -0.2) is 46.9 Å². The minimum atomic E-state index is -4.76. The lowest BCUT2D eigenvalue weighted by atomic mass is 9.93. The summed E-state index contributed by atoms with van der Waals surface area (Å²) in [6.07, 6.45) is -3.18. The van der Waals surface area contributed by atoms with Crippen molar-refractivity contribution < 1.29 is 22.4 Å². The van der Waals surface area contributed by atoms with Crippen molar-refractivity contribution in [3.05, 3.63) is 98.5 Å². The molecule has 0 unspecified atom stereocenters. The molecule has 1 saturated heterocycles. The standard InChI is InChI=1S/C26H23Cl2F4N3O/c1-15-9-18(7-8-33-15)25(36)35-13-19(17-4-6-21(27)22(28)11-17)24(14-35)34(2)12-16-3-5-20(23(29)10-16)26(30,31)32/h3-11,19,24H,12-14H2,1-2H3/t19-,24-/m1/s1. The fraction of sp³-hybridized carbons (Fsp3) is 0.308. The molecule has 3 aromatic rings. The first-order valence-corrected chi connectivity index (χ1v) is 11.9. The van der Waals surface area contributed by atoms with Crippen molar-refractivity contribution in [3.8, 4) is 0 Å². The highest BCUT2D eigenvalue weighted by Gasteiger charge is 2.39. The number of rotatable bonds is 5. The normalized spacial score (nSPS) is 18.2. The highest BCUT2D eigenvalue weighted by Crippen LogP contribution is 2.36. The number of halogens is 6. The Hall–Kier alpha value is -2.68. The van der Waals surface area contributed by atoms with Gasteiger partial charge in [-0.1, -0.05) is 35.3 Å². The van der Waals surface area contributed by atoms with Gasteiger partial charge >= 0.3 is 6.18 Å². The fourth-order valence-electron chi connectivity index (χ4n) is 4.62. The van der Waals surface area contributed by atoms with Crippen LogP contribution >= 0.6 is 23.2 Å². The van der Waals surface area contributed by atoms with Crippen molar-refractivity contribution >= 4 is 29.1 Å². The van der Waals surface area contributed by atoms with Gasteiger partial charge in [0.2, 0.25) is 0 Å². The number of amides is 1. The van der Waals surface area contributed by atoms with Gasteiger partial charge in [0.15, 0.2) is 0 Å². The second kappa shape index (κ2) is 10.4. The summed E-state index contributed by atoms with van der Waals surface area (Å²) in [6, 6.07) is 11.4. The average Bonchev–Trinajstić information content (AvgIpc) is 3.25. The zero-order valence-electron chi connectivity index (χ0n) is 19.5. The first kappa shape index (κ1) is 26.4. The van der Waals surface area contributed by atoms with E-state index in [0.717, 1.165) is 23.4 Å². The number of likely N-dealkylation sites (tertiary alicyclic amines) is 1. The van der Waals surface area contributed by atoms with Crippen LogP contribution in [0.4, 0.5) is 17.6 Å². The molecule has 4 nitrogen and oxygen atoms in total. The molecule has 0 spiro atoms. The number of alkyl halides is 3. The van der Waals surface area contributed by atoms with E-state index in [1.807, 2.05) is 11.0 Å². The van der Waals surface area contributed by atoms with E-state index in [1.165, 1.54) is 6.07 Å². The first-order chi connectivity index (χ1) is 16.9. The lowest BCUT2D eigenvalue weighted by molar-refractivity contribution is -0.140. The van der Waals surface area contributed by atoms with E-state index in [1.54, 1.807) is 49.3 Å². The van der Waals surface area contributed by atoms with Gasteiger partial charge in [-0.25, -0.2) is 4.39 Å². The molecule has 0 radical (unpaired) electrons. The van der Waals surface area contributed by atoms with Gasteiger partial charge in [0.25, 0.3) is 5.91 Å². The highest BCUT2D eigenvalue weighted by atomic mass is 35.5. The van der Waals surface area contributed by atoms with Crippen LogP contribution in [0.3, 0.4) is 0 Å². The van der Waals surface area contributed by atoms with Crippen LogP contribution in [0.2, 0.25) is 10.0 Å². The molecule has 36 heavy (non-hydrogen) atoms. The maximum Gasteiger partial charge on any atom is 0.419 e. The molecule has 0 N–H and O–H groups in total. The molecule has 1 fully saturated rings. The number of hydrogen-bond acceptors (Lipinski definition) is 3. The quantitative estimate of drug-likeness (QED) is 0.343. The third kappa shape index (κ3) is 5.66. The maximum absolute atomic E-state index is 14.2. The van der Waals surface area contributed by atoms with Crippen molar-refractivity contribution in [1.82, 2.24) is 14.8 Å². The Morgan fingerprint density at radius 1 is 1.08 bits per heavy atom. The Kier molecular flexibility index (Phi) is 7.59. The molecule has 2 heterocycles. The van der Waals surface area contributed by atoms with E-state index in [-0.39, 0.29) is 24.4 Å². The number of benzene rings is 2. The average molecular weight is 540 g/mol.